The molecular weight excluding hydrogens is 558 g/mol. The fraction of sp³-hybridized carbons (Fsp3) is 0.182. The molecule has 1 atom stereocenters. The van der Waals surface area contributed by atoms with E-state index in [1.54, 1.807) is 40.7 Å². The van der Waals surface area contributed by atoms with E-state index in [9.17, 15) is 4.79 Å². The highest BCUT2D eigenvalue weighted by Gasteiger charge is 2.17. The van der Waals surface area contributed by atoms with Gasteiger partial charge in [0.15, 0.2) is 0 Å². The van der Waals surface area contributed by atoms with E-state index in [2.05, 4.69) is 25.6 Å². The van der Waals surface area contributed by atoms with Gasteiger partial charge in [0.05, 0.1) is 6.54 Å². The van der Waals surface area contributed by atoms with Crippen molar-refractivity contribution < 1.29 is 4.74 Å². The van der Waals surface area contributed by atoms with Gasteiger partial charge in [-0.2, -0.15) is 4.98 Å². The van der Waals surface area contributed by atoms with Crippen LogP contribution in [-0.2, 0) is 13.0 Å². The minimum absolute atomic E-state index is 0.0992. The van der Waals surface area contributed by atoms with E-state index >= 15 is 0 Å². The highest BCUT2D eigenvalue weighted by atomic mass is 32.1. The number of fused-ring (bicyclic) bond motifs is 1. The number of hydrogen-bond donors (Lipinski definition) is 2. The number of hydrogen-bond acceptors (Lipinski definition) is 9. The SMILES string of the molecule is O=c1c(Cc2cccnc2)cc2cnc(Nc3ccc(OC4CCNC4)cc3)nc2n1Cc1ccccc1-c1nccs1. The van der Waals surface area contributed by atoms with Crippen LogP contribution >= 0.6 is 11.3 Å². The van der Waals surface area contributed by atoms with E-state index in [-0.39, 0.29) is 11.7 Å². The summed E-state index contributed by atoms with van der Waals surface area (Å²) in [7, 11) is 0. The van der Waals surface area contributed by atoms with Gasteiger partial charge in [-0.05, 0) is 60.5 Å². The van der Waals surface area contributed by atoms with Crippen LogP contribution in [-0.4, -0.2) is 43.7 Å². The van der Waals surface area contributed by atoms with Gasteiger partial charge in [0.1, 0.15) is 22.5 Å². The molecule has 5 heterocycles. The summed E-state index contributed by atoms with van der Waals surface area (Å²) >= 11 is 1.57. The van der Waals surface area contributed by atoms with Crippen molar-refractivity contribution in [2.45, 2.75) is 25.5 Å². The Morgan fingerprint density at radius 3 is 2.70 bits per heavy atom. The molecule has 0 amide bonds. The average Bonchev–Trinajstić information content (AvgIpc) is 3.77. The van der Waals surface area contributed by atoms with Gasteiger partial charge in [-0.1, -0.05) is 30.3 Å². The Balaban J connectivity index is 1.25. The molecule has 43 heavy (non-hydrogen) atoms. The lowest BCUT2D eigenvalue weighted by atomic mass is 10.1. The molecule has 1 aliphatic rings. The van der Waals surface area contributed by atoms with E-state index in [1.165, 1.54) is 0 Å². The minimum atomic E-state index is -0.0992. The number of nitrogens with one attached hydrogen (secondary N) is 2. The third kappa shape index (κ3) is 6.01. The van der Waals surface area contributed by atoms with Crippen LogP contribution in [0.4, 0.5) is 11.6 Å². The molecule has 1 saturated heterocycles. The van der Waals surface area contributed by atoms with Crippen molar-refractivity contribution in [1.82, 2.24) is 29.8 Å². The van der Waals surface area contributed by atoms with Crippen LogP contribution in [0.1, 0.15) is 23.1 Å². The van der Waals surface area contributed by atoms with Crippen LogP contribution in [0.15, 0.2) is 102 Å². The summed E-state index contributed by atoms with van der Waals surface area (Å²) in [4.78, 5) is 32.3. The third-order valence-electron chi connectivity index (χ3n) is 7.46. The second kappa shape index (κ2) is 12.1. The van der Waals surface area contributed by atoms with Crippen molar-refractivity contribution in [3.05, 3.63) is 124 Å². The highest BCUT2D eigenvalue weighted by Crippen LogP contribution is 2.27. The number of nitrogens with zero attached hydrogens (tertiary/aromatic N) is 5. The van der Waals surface area contributed by atoms with Crippen LogP contribution in [0.5, 0.6) is 5.75 Å². The zero-order chi connectivity index (χ0) is 29.0. The lowest BCUT2D eigenvalue weighted by Crippen LogP contribution is -2.26. The zero-order valence-electron chi connectivity index (χ0n) is 23.3. The number of ether oxygens (including phenoxy) is 1. The van der Waals surface area contributed by atoms with Crippen molar-refractivity contribution in [2.75, 3.05) is 18.4 Å². The summed E-state index contributed by atoms with van der Waals surface area (Å²) in [6.45, 7) is 2.19. The molecule has 0 saturated carbocycles. The molecule has 214 valence electrons. The van der Waals surface area contributed by atoms with Gasteiger partial charge in [0.25, 0.3) is 5.56 Å². The van der Waals surface area contributed by atoms with Gasteiger partial charge >= 0.3 is 0 Å². The van der Waals surface area contributed by atoms with Gasteiger partial charge in [-0.25, -0.2) is 9.97 Å². The van der Waals surface area contributed by atoms with E-state index in [4.69, 9.17) is 9.72 Å². The molecule has 0 spiro atoms. The number of rotatable bonds is 9. The van der Waals surface area contributed by atoms with Crippen molar-refractivity contribution in [3.63, 3.8) is 0 Å². The zero-order valence-corrected chi connectivity index (χ0v) is 24.1. The second-order valence-corrected chi connectivity index (χ2v) is 11.3. The molecule has 0 bridgehead atoms. The van der Waals surface area contributed by atoms with Crippen molar-refractivity contribution in [3.8, 4) is 16.3 Å². The molecule has 4 aromatic heterocycles. The number of pyridine rings is 2. The molecule has 0 radical (unpaired) electrons. The standard InChI is InChI=1S/C33H29N7O2S/c41-32-24(16-22-4-3-12-34-18-22)17-25-19-37-33(38-26-7-9-27(10-8-26)42-28-11-13-35-20-28)39-30(25)40(32)21-23-5-1-2-6-29(23)31-36-14-15-43-31/h1-10,12,14-15,17-19,28,35H,11,13,16,20-21H2,(H,37,38,39). The summed E-state index contributed by atoms with van der Waals surface area (Å²) in [6, 6.07) is 21.6. The largest absolute Gasteiger partial charge is 0.489 e. The monoisotopic (exact) mass is 587 g/mol. The summed E-state index contributed by atoms with van der Waals surface area (Å²) < 4.78 is 7.79. The Hall–Kier alpha value is -4.93. The summed E-state index contributed by atoms with van der Waals surface area (Å²) in [5, 5.41) is 10.3. The Morgan fingerprint density at radius 1 is 1.00 bits per heavy atom. The predicted molar refractivity (Wildman–Crippen MR) is 169 cm³/mol. The maximum Gasteiger partial charge on any atom is 0.256 e. The number of anilines is 2. The Labute approximate surface area is 252 Å². The van der Waals surface area contributed by atoms with Crippen LogP contribution in [0.25, 0.3) is 21.6 Å². The number of aromatic nitrogens is 5. The van der Waals surface area contributed by atoms with Crippen molar-refractivity contribution >= 4 is 34.0 Å². The highest BCUT2D eigenvalue weighted by molar-refractivity contribution is 7.13. The van der Waals surface area contributed by atoms with E-state index in [1.807, 2.05) is 72.1 Å². The first-order valence-corrected chi connectivity index (χ1v) is 15.1. The van der Waals surface area contributed by atoms with E-state index in [0.29, 0.717) is 30.1 Å². The molecule has 6 aromatic rings. The second-order valence-electron chi connectivity index (χ2n) is 10.4. The van der Waals surface area contributed by atoms with Gasteiger partial charge in [-0.15, -0.1) is 11.3 Å². The lowest BCUT2D eigenvalue weighted by molar-refractivity contribution is 0.223. The molecule has 10 heteroatoms. The molecule has 2 N–H and O–H groups in total. The fourth-order valence-electron chi connectivity index (χ4n) is 5.34. The van der Waals surface area contributed by atoms with Gasteiger partial charge in [-0.3, -0.25) is 14.3 Å². The minimum Gasteiger partial charge on any atom is -0.489 e. The normalized spacial score (nSPS) is 14.7. The third-order valence-corrected chi connectivity index (χ3v) is 8.26. The molecule has 2 aromatic carbocycles. The molecule has 7 rings (SSSR count). The first-order chi connectivity index (χ1) is 21.2. The van der Waals surface area contributed by atoms with Gasteiger partial charge < -0.3 is 15.4 Å². The molecule has 0 aliphatic carbocycles. The summed E-state index contributed by atoms with van der Waals surface area (Å²) in [5.41, 5.74) is 4.89. The quantitative estimate of drug-likeness (QED) is 0.231. The molecular formula is C33H29N7O2S. The average molecular weight is 588 g/mol. The van der Waals surface area contributed by atoms with Gasteiger partial charge in [0, 0.05) is 65.3 Å². The van der Waals surface area contributed by atoms with Crippen LogP contribution in [0.3, 0.4) is 0 Å². The topological polar surface area (TPSA) is 107 Å². The fourth-order valence-corrected chi connectivity index (χ4v) is 6.03. The van der Waals surface area contributed by atoms with Crippen LogP contribution in [0.2, 0.25) is 0 Å². The molecule has 1 aliphatic heterocycles. The van der Waals surface area contributed by atoms with Crippen LogP contribution in [0, 0.1) is 0 Å². The van der Waals surface area contributed by atoms with E-state index < -0.39 is 0 Å². The maximum absolute atomic E-state index is 14.1. The predicted octanol–water partition coefficient (Wildman–Crippen LogP) is 5.43. The first kappa shape index (κ1) is 26.9. The lowest BCUT2D eigenvalue weighted by Gasteiger charge is -2.15. The maximum atomic E-state index is 14.1. The summed E-state index contributed by atoms with van der Waals surface area (Å²) in [6.07, 6.45) is 8.74. The van der Waals surface area contributed by atoms with E-state index in [0.717, 1.165) is 58.0 Å². The number of benzene rings is 2. The summed E-state index contributed by atoms with van der Waals surface area (Å²) in [5.74, 6) is 1.23. The molecule has 1 fully saturated rings. The van der Waals surface area contributed by atoms with Gasteiger partial charge in [0.2, 0.25) is 5.95 Å². The van der Waals surface area contributed by atoms with Crippen molar-refractivity contribution in [1.29, 1.82) is 0 Å². The Bertz CT molecular complexity index is 1900. The Kier molecular flexibility index (Phi) is 7.60. The molecule has 1 unspecified atom stereocenters. The van der Waals surface area contributed by atoms with Crippen molar-refractivity contribution in [2.24, 2.45) is 0 Å². The molecule has 9 nitrogen and oxygen atoms in total. The number of thiazole rings is 1. The first-order valence-electron chi connectivity index (χ1n) is 14.2. The smallest absolute Gasteiger partial charge is 0.256 e. The van der Waals surface area contributed by atoms with Crippen LogP contribution < -0.4 is 20.9 Å². The Morgan fingerprint density at radius 2 is 1.91 bits per heavy atom.